The Morgan fingerprint density at radius 1 is 1.50 bits per heavy atom. The van der Waals surface area contributed by atoms with Gasteiger partial charge in [-0.25, -0.2) is 0 Å². The van der Waals surface area contributed by atoms with Crippen LogP contribution in [0.15, 0.2) is 18.2 Å². The highest BCUT2D eigenvalue weighted by molar-refractivity contribution is 6.33. The van der Waals surface area contributed by atoms with Crippen LogP contribution >= 0.6 is 23.2 Å². The van der Waals surface area contributed by atoms with Gasteiger partial charge in [0, 0.05) is 11.1 Å². The number of rotatable bonds is 3. The van der Waals surface area contributed by atoms with Gasteiger partial charge in [-0.1, -0.05) is 11.6 Å². The maximum Gasteiger partial charge on any atom is 0.280 e. The van der Waals surface area contributed by atoms with Crippen LogP contribution in [0.4, 0.5) is 5.69 Å². The number of nitro benzene ring substituents is 1. The van der Waals surface area contributed by atoms with E-state index in [2.05, 4.69) is 0 Å². The molecule has 0 fully saturated rings. The van der Waals surface area contributed by atoms with E-state index in [0.717, 1.165) is 0 Å². The van der Waals surface area contributed by atoms with E-state index >= 15 is 0 Å². The van der Waals surface area contributed by atoms with Gasteiger partial charge in [-0.05, 0) is 12.1 Å². The molecule has 1 aromatic carbocycles. The second kappa shape index (κ2) is 4.39. The van der Waals surface area contributed by atoms with E-state index in [1.165, 1.54) is 18.2 Å². The summed E-state index contributed by atoms with van der Waals surface area (Å²) in [5.41, 5.74) is -0.336. The van der Waals surface area contributed by atoms with Gasteiger partial charge < -0.3 is 0 Å². The minimum Gasteiger partial charge on any atom is -0.293 e. The van der Waals surface area contributed by atoms with Crippen LogP contribution in [-0.2, 0) is 0 Å². The van der Waals surface area contributed by atoms with Gasteiger partial charge in [-0.2, -0.15) is 0 Å². The van der Waals surface area contributed by atoms with Crippen molar-refractivity contribution in [3.05, 3.63) is 38.9 Å². The largest absolute Gasteiger partial charge is 0.293 e. The predicted molar refractivity (Wildman–Crippen MR) is 53.2 cm³/mol. The molecule has 14 heavy (non-hydrogen) atoms. The number of nitro groups is 1. The molecule has 0 amide bonds. The van der Waals surface area contributed by atoms with Crippen LogP contribution in [0.25, 0.3) is 0 Å². The number of halogens is 2. The summed E-state index contributed by atoms with van der Waals surface area (Å²) in [6, 6.07) is 3.78. The average Bonchev–Trinajstić information content (AvgIpc) is 2.16. The zero-order valence-corrected chi connectivity index (χ0v) is 8.38. The van der Waals surface area contributed by atoms with Crippen LogP contribution < -0.4 is 0 Å². The Labute approximate surface area is 89.6 Å². The first-order valence-electron chi connectivity index (χ1n) is 3.59. The second-order valence-corrected chi connectivity index (χ2v) is 3.18. The standard InChI is InChI=1S/C8H5Cl2NO3/c9-4-8(12)6-3-5(10)1-2-7(6)11(13)14/h1-3H,4H2. The van der Waals surface area contributed by atoms with Gasteiger partial charge in [-0.3, -0.25) is 14.9 Å². The highest BCUT2D eigenvalue weighted by atomic mass is 35.5. The average molecular weight is 234 g/mol. The third-order valence-electron chi connectivity index (χ3n) is 1.58. The van der Waals surface area contributed by atoms with E-state index in [-0.39, 0.29) is 22.2 Å². The van der Waals surface area contributed by atoms with Crippen molar-refractivity contribution in [1.29, 1.82) is 0 Å². The molecule has 0 aromatic heterocycles. The van der Waals surface area contributed by atoms with Crippen molar-refractivity contribution in [2.45, 2.75) is 0 Å². The van der Waals surface area contributed by atoms with Crippen molar-refractivity contribution < 1.29 is 9.72 Å². The maximum absolute atomic E-state index is 11.2. The van der Waals surface area contributed by atoms with E-state index < -0.39 is 10.7 Å². The van der Waals surface area contributed by atoms with Gasteiger partial charge in [-0.15, -0.1) is 11.6 Å². The highest BCUT2D eigenvalue weighted by Gasteiger charge is 2.19. The molecule has 0 aliphatic heterocycles. The Kier molecular flexibility index (Phi) is 3.43. The lowest BCUT2D eigenvalue weighted by Gasteiger charge is -1.99. The molecule has 0 radical (unpaired) electrons. The summed E-state index contributed by atoms with van der Waals surface area (Å²) < 4.78 is 0. The van der Waals surface area contributed by atoms with Crippen molar-refractivity contribution >= 4 is 34.7 Å². The molecule has 74 valence electrons. The van der Waals surface area contributed by atoms with Gasteiger partial charge in [0.1, 0.15) is 0 Å². The summed E-state index contributed by atoms with van der Waals surface area (Å²) in [5, 5.41) is 10.8. The molecule has 0 saturated heterocycles. The Morgan fingerprint density at radius 2 is 2.14 bits per heavy atom. The van der Waals surface area contributed by atoms with Gasteiger partial charge in [0.25, 0.3) is 5.69 Å². The molecule has 0 atom stereocenters. The molecule has 1 rings (SSSR count). The fourth-order valence-electron chi connectivity index (χ4n) is 0.963. The lowest BCUT2D eigenvalue weighted by Crippen LogP contribution is -2.04. The number of nitrogens with zero attached hydrogens (tertiary/aromatic N) is 1. The van der Waals surface area contributed by atoms with Crippen molar-refractivity contribution in [3.8, 4) is 0 Å². The molecule has 0 spiro atoms. The number of Topliss-reactive ketones (excluding diaryl/α,β-unsaturated/α-hetero) is 1. The quantitative estimate of drug-likeness (QED) is 0.349. The normalized spacial score (nSPS) is 9.86. The number of carbonyl (C=O) groups is 1. The van der Waals surface area contributed by atoms with E-state index in [1.54, 1.807) is 0 Å². The summed E-state index contributed by atoms with van der Waals surface area (Å²) in [6.45, 7) is 0. The van der Waals surface area contributed by atoms with Gasteiger partial charge in [0.15, 0.2) is 5.78 Å². The van der Waals surface area contributed by atoms with Crippen molar-refractivity contribution in [3.63, 3.8) is 0 Å². The number of benzene rings is 1. The summed E-state index contributed by atoms with van der Waals surface area (Å²) in [4.78, 5) is 21.1. The SMILES string of the molecule is O=C(CCl)c1cc(Cl)ccc1[N+](=O)[O-]. The number of ketones is 1. The molecule has 0 unspecified atom stereocenters. The van der Waals surface area contributed by atoms with E-state index in [9.17, 15) is 14.9 Å². The molecule has 1 aromatic rings. The van der Waals surface area contributed by atoms with Crippen LogP contribution in [0.1, 0.15) is 10.4 Å². The third-order valence-corrected chi connectivity index (χ3v) is 2.05. The van der Waals surface area contributed by atoms with Crippen LogP contribution in [0, 0.1) is 10.1 Å². The van der Waals surface area contributed by atoms with Crippen LogP contribution in [-0.4, -0.2) is 16.6 Å². The number of carbonyl (C=O) groups excluding carboxylic acids is 1. The molecule has 0 heterocycles. The monoisotopic (exact) mass is 233 g/mol. The van der Waals surface area contributed by atoms with Crippen molar-refractivity contribution in [2.75, 3.05) is 5.88 Å². The van der Waals surface area contributed by atoms with Crippen molar-refractivity contribution in [2.24, 2.45) is 0 Å². The van der Waals surface area contributed by atoms with Gasteiger partial charge in [0.05, 0.1) is 16.4 Å². The molecule has 0 bridgehead atoms. The Balaban J connectivity index is 3.29. The topological polar surface area (TPSA) is 60.2 Å². The van der Waals surface area contributed by atoms with Crippen LogP contribution in [0.5, 0.6) is 0 Å². The Bertz CT molecular complexity index is 392. The van der Waals surface area contributed by atoms with Gasteiger partial charge >= 0.3 is 0 Å². The molecule has 0 aliphatic rings. The lowest BCUT2D eigenvalue weighted by atomic mass is 10.1. The molecule has 0 aliphatic carbocycles. The number of hydrogen-bond donors (Lipinski definition) is 0. The summed E-state index contributed by atoms with van der Waals surface area (Å²) in [6.07, 6.45) is 0. The minimum absolute atomic E-state index is 0.0579. The molecular formula is C8H5Cl2NO3. The molecule has 0 saturated carbocycles. The second-order valence-electron chi connectivity index (χ2n) is 2.48. The lowest BCUT2D eigenvalue weighted by molar-refractivity contribution is -0.385. The van der Waals surface area contributed by atoms with E-state index in [1.807, 2.05) is 0 Å². The first-order valence-corrected chi connectivity index (χ1v) is 4.50. The first-order chi connectivity index (χ1) is 6.56. The number of hydrogen-bond acceptors (Lipinski definition) is 3. The highest BCUT2D eigenvalue weighted by Crippen LogP contribution is 2.23. The fraction of sp³-hybridized carbons (Fsp3) is 0.125. The molecule has 4 nitrogen and oxygen atoms in total. The molecular weight excluding hydrogens is 229 g/mol. The molecule has 0 N–H and O–H groups in total. The smallest absolute Gasteiger partial charge is 0.280 e. The Hall–Kier alpha value is -1.13. The van der Waals surface area contributed by atoms with E-state index in [0.29, 0.717) is 0 Å². The van der Waals surface area contributed by atoms with Crippen molar-refractivity contribution in [1.82, 2.24) is 0 Å². The minimum atomic E-state index is -0.643. The third kappa shape index (κ3) is 2.21. The van der Waals surface area contributed by atoms with Gasteiger partial charge in [0.2, 0.25) is 0 Å². The first kappa shape index (κ1) is 10.9. The van der Waals surface area contributed by atoms with Crippen LogP contribution in [0.2, 0.25) is 5.02 Å². The van der Waals surface area contributed by atoms with Crippen LogP contribution in [0.3, 0.4) is 0 Å². The zero-order valence-electron chi connectivity index (χ0n) is 6.87. The van der Waals surface area contributed by atoms with E-state index in [4.69, 9.17) is 23.2 Å². The summed E-state index contributed by atoms with van der Waals surface area (Å²) in [5.74, 6) is -0.817. The molecule has 6 heteroatoms. The zero-order chi connectivity index (χ0) is 10.7. The number of alkyl halides is 1. The Morgan fingerprint density at radius 3 is 2.64 bits per heavy atom. The summed E-state index contributed by atoms with van der Waals surface area (Å²) >= 11 is 10.9. The summed E-state index contributed by atoms with van der Waals surface area (Å²) in [7, 11) is 0. The predicted octanol–water partition coefficient (Wildman–Crippen LogP) is 2.67. The maximum atomic E-state index is 11.2. The fourth-order valence-corrected chi connectivity index (χ4v) is 1.28.